The molecule has 0 aromatic carbocycles. The van der Waals surface area contributed by atoms with E-state index >= 15 is 0 Å². The summed E-state index contributed by atoms with van der Waals surface area (Å²) in [5, 5.41) is 5.01. The molecule has 2 fully saturated rings. The predicted octanol–water partition coefficient (Wildman–Crippen LogP) is -0.270. The molecule has 0 atom stereocenters. The topological polar surface area (TPSA) is 106 Å². The first kappa shape index (κ1) is 13.9. The fraction of sp³-hybridized carbons (Fsp3) is 0.538. The monoisotopic (exact) mass is 322 g/mol. The minimum Gasteiger partial charge on any atom is -0.368 e. The van der Waals surface area contributed by atoms with E-state index in [1.807, 2.05) is 17.7 Å². The number of hydrogen-bond acceptors (Lipinski definition) is 5. The third-order valence-corrected chi connectivity index (χ3v) is 5.33. The second kappa shape index (κ2) is 4.40. The SMILES string of the molecule is Cn1cnc2nccc(N3CC4(CC(NS(N)(=O)=O)C4)C3)c21. The Kier molecular flexibility index (Phi) is 2.78. The van der Waals surface area contributed by atoms with Crippen molar-refractivity contribution in [3.05, 3.63) is 18.6 Å². The van der Waals surface area contributed by atoms with Crippen LogP contribution < -0.4 is 14.8 Å². The number of aromatic nitrogens is 3. The van der Waals surface area contributed by atoms with Gasteiger partial charge in [0.05, 0.1) is 12.0 Å². The van der Waals surface area contributed by atoms with Crippen LogP contribution in [0.4, 0.5) is 5.69 Å². The number of aryl methyl sites for hydroxylation is 1. The summed E-state index contributed by atoms with van der Waals surface area (Å²) in [4.78, 5) is 10.9. The quantitative estimate of drug-likeness (QED) is 0.809. The van der Waals surface area contributed by atoms with Crippen LogP contribution in [0, 0.1) is 5.41 Å². The summed E-state index contributed by atoms with van der Waals surface area (Å²) in [7, 11) is -1.63. The van der Waals surface area contributed by atoms with E-state index in [9.17, 15) is 8.42 Å². The molecule has 8 nitrogen and oxygen atoms in total. The molecule has 1 aliphatic heterocycles. The van der Waals surface area contributed by atoms with Gasteiger partial charge < -0.3 is 9.47 Å². The lowest BCUT2D eigenvalue weighted by Crippen LogP contribution is -2.67. The molecule has 2 aliphatic rings. The zero-order valence-electron chi connectivity index (χ0n) is 12.2. The average molecular weight is 322 g/mol. The van der Waals surface area contributed by atoms with E-state index in [4.69, 9.17) is 5.14 Å². The van der Waals surface area contributed by atoms with Crippen molar-refractivity contribution in [2.45, 2.75) is 18.9 Å². The van der Waals surface area contributed by atoms with Crippen LogP contribution in [-0.4, -0.2) is 42.1 Å². The lowest BCUT2D eigenvalue weighted by atomic mass is 9.61. The minimum atomic E-state index is -3.59. The maximum Gasteiger partial charge on any atom is 0.274 e. The van der Waals surface area contributed by atoms with Gasteiger partial charge in [0.2, 0.25) is 0 Å². The van der Waals surface area contributed by atoms with Gasteiger partial charge in [0.15, 0.2) is 5.65 Å². The highest BCUT2D eigenvalue weighted by Crippen LogP contribution is 2.50. The zero-order valence-corrected chi connectivity index (χ0v) is 13.0. The van der Waals surface area contributed by atoms with Crippen LogP contribution in [-0.2, 0) is 17.3 Å². The number of anilines is 1. The molecule has 1 saturated carbocycles. The van der Waals surface area contributed by atoms with E-state index in [0.717, 1.165) is 42.8 Å². The first-order chi connectivity index (χ1) is 10.4. The highest BCUT2D eigenvalue weighted by molar-refractivity contribution is 7.87. The van der Waals surface area contributed by atoms with Crippen LogP contribution >= 0.6 is 0 Å². The van der Waals surface area contributed by atoms with E-state index in [-0.39, 0.29) is 11.5 Å². The molecule has 1 saturated heterocycles. The Morgan fingerprint density at radius 1 is 1.36 bits per heavy atom. The van der Waals surface area contributed by atoms with Crippen molar-refractivity contribution in [3.8, 4) is 0 Å². The number of nitrogens with one attached hydrogen (secondary N) is 1. The first-order valence-corrected chi connectivity index (χ1v) is 8.71. The van der Waals surface area contributed by atoms with Crippen molar-refractivity contribution in [2.24, 2.45) is 17.6 Å². The van der Waals surface area contributed by atoms with Gasteiger partial charge in [0.1, 0.15) is 5.52 Å². The molecule has 2 aromatic heterocycles. The summed E-state index contributed by atoms with van der Waals surface area (Å²) in [6.45, 7) is 1.86. The van der Waals surface area contributed by atoms with E-state index in [2.05, 4.69) is 19.6 Å². The number of hydrogen-bond donors (Lipinski definition) is 2. The molecule has 3 heterocycles. The summed E-state index contributed by atoms with van der Waals surface area (Å²) in [5.41, 5.74) is 3.15. The number of nitrogens with zero attached hydrogens (tertiary/aromatic N) is 4. The second-order valence-electron chi connectivity index (χ2n) is 6.48. The maximum absolute atomic E-state index is 11.0. The van der Waals surface area contributed by atoms with Gasteiger partial charge in [-0.05, 0) is 18.9 Å². The highest BCUT2D eigenvalue weighted by Gasteiger charge is 2.53. The Balaban J connectivity index is 1.47. The molecular weight excluding hydrogens is 304 g/mol. The van der Waals surface area contributed by atoms with Gasteiger partial charge in [-0.1, -0.05) is 0 Å². The Bertz CT molecular complexity index is 831. The summed E-state index contributed by atoms with van der Waals surface area (Å²) in [6, 6.07) is 1.99. The van der Waals surface area contributed by atoms with Gasteiger partial charge in [0.25, 0.3) is 10.2 Å². The third-order valence-electron chi connectivity index (χ3n) is 4.67. The smallest absolute Gasteiger partial charge is 0.274 e. The maximum atomic E-state index is 11.0. The minimum absolute atomic E-state index is 0.0219. The Morgan fingerprint density at radius 2 is 2.09 bits per heavy atom. The van der Waals surface area contributed by atoms with Crippen LogP contribution in [0.15, 0.2) is 18.6 Å². The summed E-state index contributed by atoms with van der Waals surface area (Å²) in [6.07, 6.45) is 5.24. The van der Waals surface area contributed by atoms with Crippen molar-refractivity contribution in [1.29, 1.82) is 0 Å². The van der Waals surface area contributed by atoms with Crippen LogP contribution in [0.25, 0.3) is 11.2 Å². The lowest BCUT2D eigenvalue weighted by Gasteiger charge is -2.59. The zero-order chi connectivity index (χ0) is 15.5. The van der Waals surface area contributed by atoms with Gasteiger partial charge in [-0.2, -0.15) is 13.1 Å². The van der Waals surface area contributed by atoms with Gasteiger partial charge >= 0.3 is 0 Å². The largest absolute Gasteiger partial charge is 0.368 e. The summed E-state index contributed by atoms with van der Waals surface area (Å²) >= 11 is 0. The summed E-state index contributed by atoms with van der Waals surface area (Å²) < 4.78 is 26.5. The standard InChI is InChI=1S/C13H18N6O2S/c1-18-8-16-12-11(18)10(2-3-15-12)19-6-13(7-19)4-9(5-13)17-22(14,20)21/h2-3,8-9,17H,4-7H2,1H3,(H2,14,20,21). The Hall–Kier alpha value is -1.71. The van der Waals surface area contributed by atoms with E-state index in [1.165, 1.54) is 0 Å². The molecule has 1 aliphatic carbocycles. The molecule has 0 unspecified atom stereocenters. The van der Waals surface area contributed by atoms with Gasteiger partial charge in [-0.3, -0.25) is 0 Å². The van der Waals surface area contributed by atoms with Crippen LogP contribution in [0.1, 0.15) is 12.8 Å². The van der Waals surface area contributed by atoms with Gasteiger partial charge in [0, 0.05) is 37.8 Å². The predicted molar refractivity (Wildman–Crippen MR) is 82.4 cm³/mol. The first-order valence-electron chi connectivity index (χ1n) is 7.16. The molecule has 1 spiro atoms. The number of fused-ring (bicyclic) bond motifs is 1. The van der Waals surface area contributed by atoms with Crippen LogP contribution in [0.3, 0.4) is 0 Å². The number of pyridine rings is 1. The highest BCUT2D eigenvalue weighted by atomic mass is 32.2. The Labute approximate surface area is 128 Å². The second-order valence-corrected chi connectivity index (χ2v) is 7.81. The molecule has 0 amide bonds. The van der Waals surface area contributed by atoms with Crippen LogP contribution in [0.5, 0.6) is 0 Å². The van der Waals surface area contributed by atoms with Crippen molar-refractivity contribution in [3.63, 3.8) is 0 Å². The van der Waals surface area contributed by atoms with Crippen molar-refractivity contribution < 1.29 is 8.42 Å². The molecule has 9 heteroatoms. The number of nitrogens with two attached hydrogens (primary N) is 1. The molecule has 3 N–H and O–H groups in total. The Morgan fingerprint density at radius 3 is 2.77 bits per heavy atom. The molecular formula is C13H18N6O2S. The van der Waals surface area contributed by atoms with Crippen molar-refractivity contribution >= 4 is 27.1 Å². The lowest BCUT2D eigenvalue weighted by molar-refractivity contribution is 0.0592. The van der Waals surface area contributed by atoms with E-state index < -0.39 is 10.2 Å². The number of imidazole rings is 1. The molecule has 4 rings (SSSR count). The third kappa shape index (κ3) is 2.16. The molecule has 22 heavy (non-hydrogen) atoms. The molecule has 2 aromatic rings. The fourth-order valence-corrected chi connectivity index (χ4v) is 4.44. The normalized spacial score (nSPS) is 21.1. The molecule has 0 bridgehead atoms. The van der Waals surface area contributed by atoms with Gasteiger partial charge in [-0.25, -0.2) is 15.1 Å². The summed E-state index contributed by atoms with van der Waals surface area (Å²) in [5.74, 6) is 0. The fourth-order valence-electron chi connectivity index (χ4n) is 3.81. The molecule has 0 radical (unpaired) electrons. The molecule has 118 valence electrons. The van der Waals surface area contributed by atoms with Crippen molar-refractivity contribution in [2.75, 3.05) is 18.0 Å². The number of rotatable bonds is 3. The average Bonchev–Trinajstić information content (AvgIpc) is 2.72. The van der Waals surface area contributed by atoms with Gasteiger partial charge in [-0.15, -0.1) is 0 Å². The van der Waals surface area contributed by atoms with E-state index in [0.29, 0.717) is 0 Å². The van der Waals surface area contributed by atoms with Crippen LogP contribution in [0.2, 0.25) is 0 Å². The van der Waals surface area contributed by atoms with E-state index in [1.54, 1.807) is 12.5 Å². The van der Waals surface area contributed by atoms with Crippen molar-refractivity contribution in [1.82, 2.24) is 19.3 Å².